The Bertz CT molecular complexity index is 578. The highest BCUT2D eigenvalue weighted by Crippen LogP contribution is 2.31. The molecule has 18 heavy (non-hydrogen) atoms. The molecule has 0 aliphatic rings. The second-order valence-corrected chi connectivity index (χ2v) is 7.16. The molecule has 0 N–H and O–H groups in total. The Balaban J connectivity index is 2.36. The minimum Gasteiger partial charge on any atom is -0.288 e. The Hall–Kier alpha value is -0.930. The zero-order valence-electron chi connectivity index (χ0n) is 10.7. The summed E-state index contributed by atoms with van der Waals surface area (Å²) in [7, 11) is 0. The highest BCUT2D eigenvalue weighted by atomic mass is 79.9. The van der Waals surface area contributed by atoms with Gasteiger partial charge in [-0.2, -0.15) is 0 Å². The molecule has 1 aromatic carbocycles. The molecule has 0 atom stereocenters. The highest BCUT2D eigenvalue weighted by Gasteiger charge is 2.20. The average molecular weight is 323 g/mol. The molecule has 0 unspecified atom stereocenters. The number of halogens is 1. The maximum atomic E-state index is 12.4. The number of carbonyl (C=O) groups is 1. The molecular weight excluding hydrogens is 308 g/mol. The molecule has 0 bridgehead atoms. The number of carbonyl (C=O) groups excluding carboxylic acids is 1. The summed E-state index contributed by atoms with van der Waals surface area (Å²) < 4.78 is 0.848. The predicted molar refractivity (Wildman–Crippen MR) is 80.6 cm³/mol. The van der Waals surface area contributed by atoms with Gasteiger partial charge in [0.25, 0.3) is 0 Å². The second kappa shape index (κ2) is 4.98. The molecule has 0 amide bonds. The van der Waals surface area contributed by atoms with E-state index in [-0.39, 0.29) is 11.2 Å². The third kappa shape index (κ3) is 2.73. The summed E-state index contributed by atoms with van der Waals surface area (Å²) >= 11 is 5.01. The summed E-state index contributed by atoms with van der Waals surface area (Å²) in [4.78, 5) is 14.4. The first-order valence-corrected chi connectivity index (χ1v) is 7.40. The van der Waals surface area contributed by atoms with E-state index < -0.39 is 0 Å². The van der Waals surface area contributed by atoms with Gasteiger partial charge in [-0.1, -0.05) is 48.8 Å². The topological polar surface area (TPSA) is 17.1 Å². The molecule has 0 saturated heterocycles. The smallest absolute Gasteiger partial charge is 0.204 e. The Morgan fingerprint density at radius 2 is 1.78 bits per heavy atom. The lowest BCUT2D eigenvalue weighted by Crippen LogP contribution is -2.08. The van der Waals surface area contributed by atoms with Crippen LogP contribution in [-0.2, 0) is 5.41 Å². The van der Waals surface area contributed by atoms with Crippen LogP contribution >= 0.6 is 27.3 Å². The Morgan fingerprint density at radius 3 is 2.33 bits per heavy atom. The van der Waals surface area contributed by atoms with Crippen molar-refractivity contribution < 1.29 is 4.79 Å². The van der Waals surface area contributed by atoms with Gasteiger partial charge >= 0.3 is 0 Å². The first-order chi connectivity index (χ1) is 8.39. The fourth-order valence-corrected chi connectivity index (χ4v) is 3.12. The SMILES string of the molecule is CC(C)(C)c1ccc(C(=O)c2ccccc2Br)s1. The third-order valence-corrected chi connectivity index (χ3v) is 4.89. The molecule has 2 rings (SSSR count). The van der Waals surface area contributed by atoms with Crippen LogP contribution in [0.25, 0.3) is 0 Å². The molecule has 1 nitrogen and oxygen atoms in total. The molecule has 0 spiro atoms. The summed E-state index contributed by atoms with van der Waals surface area (Å²) in [5.41, 5.74) is 0.816. The maximum absolute atomic E-state index is 12.4. The number of hydrogen-bond acceptors (Lipinski definition) is 2. The van der Waals surface area contributed by atoms with Gasteiger partial charge in [-0.05, 0) is 29.7 Å². The lowest BCUT2D eigenvalue weighted by molar-refractivity contribution is 0.104. The Kier molecular flexibility index (Phi) is 3.74. The fourth-order valence-electron chi connectivity index (χ4n) is 1.64. The van der Waals surface area contributed by atoms with Crippen molar-refractivity contribution in [2.24, 2.45) is 0 Å². The lowest BCUT2D eigenvalue weighted by atomic mass is 9.95. The van der Waals surface area contributed by atoms with E-state index in [9.17, 15) is 4.79 Å². The van der Waals surface area contributed by atoms with Gasteiger partial charge in [0.2, 0.25) is 5.78 Å². The number of thiophene rings is 1. The fraction of sp³-hybridized carbons (Fsp3) is 0.267. The number of ketones is 1. The predicted octanol–water partition coefficient (Wildman–Crippen LogP) is 5.04. The zero-order valence-corrected chi connectivity index (χ0v) is 13.1. The van der Waals surface area contributed by atoms with Gasteiger partial charge in [0, 0.05) is 14.9 Å². The summed E-state index contributed by atoms with van der Waals surface area (Å²) in [6.45, 7) is 6.47. The van der Waals surface area contributed by atoms with Crippen LogP contribution in [0.3, 0.4) is 0 Å². The normalized spacial score (nSPS) is 11.6. The van der Waals surface area contributed by atoms with E-state index in [1.807, 2.05) is 30.3 Å². The third-order valence-electron chi connectivity index (χ3n) is 2.69. The van der Waals surface area contributed by atoms with Gasteiger partial charge < -0.3 is 0 Å². The molecular formula is C15H15BrOS. The monoisotopic (exact) mass is 322 g/mol. The lowest BCUT2D eigenvalue weighted by Gasteiger charge is -2.15. The first-order valence-electron chi connectivity index (χ1n) is 5.79. The Labute approximate surface area is 120 Å². The summed E-state index contributed by atoms with van der Waals surface area (Å²) in [5, 5.41) is 0. The highest BCUT2D eigenvalue weighted by molar-refractivity contribution is 9.10. The van der Waals surface area contributed by atoms with E-state index in [0.29, 0.717) is 0 Å². The van der Waals surface area contributed by atoms with Crippen molar-refractivity contribution in [3.05, 3.63) is 56.2 Å². The van der Waals surface area contributed by atoms with Crippen molar-refractivity contribution >= 4 is 33.0 Å². The van der Waals surface area contributed by atoms with Crippen LogP contribution in [-0.4, -0.2) is 5.78 Å². The van der Waals surface area contributed by atoms with Gasteiger partial charge in [-0.15, -0.1) is 11.3 Å². The molecule has 0 aliphatic heterocycles. The Morgan fingerprint density at radius 1 is 1.11 bits per heavy atom. The molecule has 0 aliphatic carbocycles. The van der Waals surface area contributed by atoms with Gasteiger partial charge in [0.1, 0.15) is 0 Å². The molecule has 2 aromatic rings. The van der Waals surface area contributed by atoms with Crippen LogP contribution < -0.4 is 0 Å². The quantitative estimate of drug-likeness (QED) is 0.708. The van der Waals surface area contributed by atoms with E-state index in [1.165, 1.54) is 4.88 Å². The van der Waals surface area contributed by atoms with Crippen LogP contribution in [0.15, 0.2) is 40.9 Å². The number of rotatable bonds is 2. The maximum Gasteiger partial charge on any atom is 0.204 e. The van der Waals surface area contributed by atoms with E-state index in [2.05, 4.69) is 42.8 Å². The van der Waals surface area contributed by atoms with E-state index in [0.717, 1.165) is 14.9 Å². The van der Waals surface area contributed by atoms with Crippen molar-refractivity contribution in [2.45, 2.75) is 26.2 Å². The molecule has 1 aromatic heterocycles. The summed E-state index contributed by atoms with van der Waals surface area (Å²) in [6, 6.07) is 11.5. The van der Waals surface area contributed by atoms with Crippen LogP contribution in [0.5, 0.6) is 0 Å². The van der Waals surface area contributed by atoms with Crippen molar-refractivity contribution in [3.63, 3.8) is 0 Å². The number of benzene rings is 1. The van der Waals surface area contributed by atoms with Crippen LogP contribution in [0.1, 0.15) is 40.9 Å². The van der Waals surface area contributed by atoms with Gasteiger partial charge in [-0.3, -0.25) is 4.79 Å². The minimum atomic E-state index is 0.0861. The van der Waals surface area contributed by atoms with Gasteiger partial charge in [0.05, 0.1) is 4.88 Å². The zero-order chi connectivity index (χ0) is 13.3. The van der Waals surface area contributed by atoms with Crippen LogP contribution in [0.4, 0.5) is 0 Å². The van der Waals surface area contributed by atoms with E-state index in [1.54, 1.807) is 11.3 Å². The standard InChI is InChI=1S/C15H15BrOS/c1-15(2,3)13-9-8-12(18-13)14(17)10-6-4-5-7-11(10)16/h4-9H,1-3H3. The van der Waals surface area contributed by atoms with Crippen LogP contribution in [0, 0.1) is 0 Å². The molecule has 0 fully saturated rings. The molecule has 1 heterocycles. The molecule has 3 heteroatoms. The van der Waals surface area contributed by atoms with E-state index >= 15 is 0 Å². The van der Waals surface area contributed by atoms with Crippen molar-refractivity contribution in [2.75, 3.05) is 0 Å². The van der Waals surface area contributed by atoms with Crippen molar-refractivity contribution in [1.82, 2.24) is 0 Å². The van der Waals surface area contributed by atoms with Crippen LogP contribution in [0.2, 0.25) is 0 Å². The average Bonchev–Trinajstić information content (AvgIpc) is 2.77. The first kappa shape index (κ1) is 13.5. The summed E-state index contributed by atoms with van der Waals surface area (Å²) in [5.74, 6) is 0.0861. The van der Waals surface area contributed by atoms with E-state index in [4.69, 9.17) is 0 Å². The largest absolute Gasteiger partial charge is 0.288 e. The summed E-state index contributed by atoms with van der Waals surface area (Å²) in [6.07, 6.45) is 0. The van der Waals surface area contributed by atoms with Crippen molar-refractivity contribution in [1.29, 1.82) is 0 Å². The van der Waals surface area contributed by atoms with Crippen molar-refractivity contribution in [3.8, 4) is 0 Å². The number of hydrogen-bond donors (Lipinski definition) is 0. The molecule has 94 valence electrons. The molecule has 0 radical (unpaired) electrons. The molecule has 0 saturated carbocycles. The van der Waals surface area contributed by atoms with Gasteiger partial charge in [0.15, 0.2) is 0 Å². The second-order valence-electron chi connectivity index (χ2n) is 5.22. The van der Waals surface area contributed by atoms with Gasteiger partial charge in [-0.25, -0.2) is 0 Å². The minimum absolute atomic E-state index is 0.0861.